The average Bonchev–Trinajstić information content (AvgIpc) is 3.49. The van der Waals surface area contributed by atoms with Crippen LogP contribution in [0.5, 0.6) is 0 Å². The summed E-state index contributed by atoms with van der Waals surface area (Å²) in [5, 5.41) is 20.1. The number of aromatic nitrogens is 3. The molecule has 1 fully saturated rings. The largest absolute Gasteiger partial charge is 0.543 e. The molecule has 0 saturated carbocycles. The van der Waals surface area contributed by atoms with Gasteiger partial charge in [-0.15, -0.1) is 23.1 Å². The van der Waals surface area contributed by atoms with Crippen molar-refractivity contribution in [2.75, 3.05) is 18.1 Å². The molecule has 0 aliphatic carbocycles. The molecule has 0 spiro atoms. The number of carbonyl (C=O) groups excluding carboxylic acids is 4. The van der Waals surface area contributed by atoms with E-state index in [1.165, 1.54) is 24.1 Å². The molecule has 208 valence electrons. The first-order valence-corrected chi connectivity index (χ1v) is 14.2. The number of nitrogens with two attached hydrogens (primary N) is 1. The number of halogens is 1. The van der Waals surface area contributed by atoms with E-state index in [1.54, 1.807) is 40.7 Å². The summed E-state index contributed by atoms with van der Waals surface area (Å²) in [5.41, 5.74) is 6.91. The average molecular weight is 604 g/mol. The Morgan fingerprint density at radius 1 is 1.40 bits per heavy atom. The number of carboxylic acids is 1. The van der Waals surface area contributed by atoms with Gasteiger partial charge in [-0.2, -0.15) is 4.57 Å². The number of Topliss-reactive ketones (excluding diaryl/α,β-unsaturated/α-hetero) is 1. The van der Waals surface area contributed by atoms with Crippen LogP contribution < -0.4 is 20.7 Å². The lowest BCUT2D eigenvalue weighted by atomic mass is 10.0. The minimum absolute atomic E-state index is 0.133. The van der Waals surface area contributed by atoms with Gasteiger partial charge in [-0.3, -0.25) is 19.3 Å². The van der Waals surface area contributed by atoms with Crippen LogP contribution in [0.4, 0.5) is 5.13 Å². The fourth-order valence-corrected chi connectivity index (χ4v) is 6.59. The molecule has 4 aliphatic rings. The third kappa shape index (κ3) is 4.91. The molecule has 13 nitrogen and oxygen atoms in total. The van der Waals surface area contributed by atoms with Gasteiger partial charge < -0.3 is 30.4 Å². The number of rotatable bonds is 9. The number of ketones is 1. The van der Waals surface area contributed by atoms with E-state index in [4.69, 9.17) is 22.2 Å². The van der Waals surface area contributed by atoms with Crippen LogP contribution >= 0.6 is 34.7 Å². The molecule has 0 aromatic carbocycles. The summed E-state index contributed by atoms with van der Waals surface area (Å²) in [6.07, 6.45) is 5.03. The summed E-state index contributed by atoms with van der Waals surface area (Å²) in [7, 11) is 0. The van der Waals surface area contributed by atoms with Crippen LogP contribution in [0.15, 0.2) is 46.5 Å². The number of fused-ring (bicyclic) bond motifs is 2. The lowest BCUT2D eigenvalue weighted by molar-refractivity contribution is -0.595. The number of thioether (sulfide) groups is 1. The third-order valence-electron chi connectivity index (χ3n) is 6.25. The van der Waals surface area contributed by atoms with Crippen molar-refractivity contribution >= 4 is 69.1 Å². The first-order chi connectivity index (χ1) is 19.1. The summed E-state index contributed by atoms with van der Waals surface area (Å²) in [5.74, 6) is -2.70. The predicted molar refractivity (Wildman–Crippen MR) is 144 cm³/mol. The van der Waals surface area contributed by atoms with Crippen molar-refractivity contribution < 1.29 is 33.7 Å². The Hall–Kier alpha value is -3.95. The number of carbonyl (C=O) groups is 4. The quantitative estimate of drug-likeness (QED) is 0.112. The molecule has 3 N–H and O–H groups in total. The second kappa shape index (κ2) is 10.9. The predicted octanol–water partition coefficient (Wildman–Crippen LogP) is -0.0580. The number of hydrogen-bond acceptors (Lipinski definition) is 11. The number of amides is 2. The topological polar surface area (TPSA) is 176 Å². The number of nitrogens with zero attached hydrogens (tertiary/aromatic N) is 5. The van der Waals surface area contributed by atoms with Gasteiger partial charge in [0, 0.05) is 30.7 Å². The molecule has 16 heteroatoms. The molecule has 0 bridgehead atoms. The molecule has 5 heterocycles. The lowest BCUT2D eigenvalue weighted by Crippen LogP contribution is -2.71. The van der Waals surface area contributed by atoms with Crippen LogP contribution in [-0.2, 0) is 25.8 Å². The van der Waals surface area contributed by atoms with Gasteiger partial charge in [0.25, 0.3) is 17.5 Å². The highest BCUT2D eigenvalue weighted by atomic mass is 35.5. The molecule has 0 unspecified atom stereocenters. The molecular weight excluding hydrogens is 582 g/mol. The molecule has 1 saturated heterocycles. The fraction of sp³-hybridized carbons (Fsp3) is 0.292. The molecule has 1 aromatic rings. The van der Waals surface area contributed by atoms with Crippen LogP contribution in [0.25, 0.3) is 5.69 Å². The maximum Gasteiger partial charge on any atom is 0.276 e. The first kappa shape index (κ1) is 27.6. The Balaban J connectivity index is 1.37. The summed E-state index contributed by atoms with van der Waals surface area (Å²) in [6.45, 7) is 3.46. The number of β-lactam (4-membered cyclic amide) rings is 1. The van der Waals surface area contributed by atoms with Crippen LogP contribution in [0.1, 0.15) is 30.0 Å². The van der Waals surface area contributed by atoms with Gasteiger partial charge >= 0.3 is 0 Å². The van der Waals surface area contributed by atoms with Crippen LogP contribution in [-0.4, -0.2) is 67.5 Å². The Morgan fingerprint density at radius 3 is 2.83 bits per heavy atom. The monoisotopic (exact) mass is 603 g/mol. The minimum Gasteiger partial charge on any atom is -0.543 e. The Morgan fingerprint density at radius 2 is 2.17 bits per heavy atom. The van der Waals surface area contributed by atoms with Gasteiger partial charge in [-0.1, -0.05) is 16.8 Å². The van der Waals surface area contributed by atoms with E-state index < -0.39 is 29.2 Å². The first-order valence-electron chi connectivity index (χ1n) is 11.9. The molecule has 2 amide bonds. The standard InChI is InChI=1S/C24H22ClN7O6S2/c1-3-38-29-17(14-10-40-24(26)27-14)20(34)28-18-21(35)32-19(23(36)37)12(9-39-22(18)32)7-30-4-5-31-15(11(2)33)6-13(25)16(31)8-30/h4-6,8,10,18,22H,3,7,9H2,1-2H3,(H3-,26,27,28,34,36,37)/b29-17-/t18-,22+/m1/s1. The zero-order valence-electron chi connectivity index (χ0n) is 21.1. The van der Waals surface area contributed by atoms with Gasteiger partial charge in [0.05, 0.1) is 24.1 Å². The molecule has 40 heavy (non-hydrogen) atoms. The molecular formula is C24H22ClN7O6S2. The van der Waals surface area contributed by atoms with E-state index >= 15 is 0 Å². The number of aliphatic carboxylic acids is 1. The van der Waals surface area contributed by atoms with Crippen molar-refractivity contribution in [3.63, 3.8) is 0 Å². The highest BCUT2D eigenvalue weighted by Crippen LogP contribution is 2.40. The SMILES string of the molecule is CCO/N=C(\C(=O)N[C@@H]1C(=O)N2C(C(=O)[O-])=C(Cn3cc[n+]4c(C(C)=O)cc(Cl)c-4c3)CS[C@@H]12)c1csc(N)n1. The van der Waals surface area contributed by atoms with E-state index in [9.17, 15) is 24.3 Å². The van der Waals surface area contributed by atoms with Crippen LogP contribution in [0.2, 0.25) is 5.02 Å². The van der Waals surface area contributed by atoms with E-state index in [1.807, 2.05) is 0 Å². The summed E-state index contributed by atoms with van der Waals surface area (Å²) >= 11 is 8.74. The minimum atomic E-state index is -1.50. The molecule has 2 atom stereocenters. The number of anilines is 1. The Kier molecular flexibility index (Phi) is 7.53. The second-order valence-corrected chi connectivity index (χ2v) is 11.2. The van der Waals surface area contributed by atoms with Gasteiger partial charge in [0.15, 0.2) is 17.0 Å². The maximum atomic E-state index is 13.1. The van der Waals surface area contributed by atoms with Crippen molar-refractivity contribution in [1.82, 2.24) is 19.8 Å². The number of nitrogens with one attached hydrogen (secondary N) is 1. The molecule has 0 radical (unpaired) electrons. The van der Waals surface area contributed by atoms with Crippen molar-refractivity contribution in [2.24, 2.45) is 5.16 Å². The van der Waals surface area contributed by atoms with Crippen LogP contribution in [0, 0.1) is 0 Å². The van der Waals surface area contributed by atoms with E-state index in [0.717, 1.165) is 16.2 Å². The normalized spacial score (nSPS) is 18.9. The maximum absolute atomic E-state index is 13.1. The van der Waals surface area contributed by atoms with Crippen molar-refractivity contribution in [3.05, 3.63) is 57.7 Å². The number of oxime groups is 1. The van der Waals surface area contributed by atoms with E-state index in [-0.39, 0.29) is 46.9 Å². The Labute approximate surface area is 240 Å². The van der Waals surface area contributed by atoms with E-state index in [0.29, 0.717) is 22.0 Å². The Bertz CT molecular complexity index is 1580. The van der Waals surface area contributed by atoms with Gasteiger partial charge in [-0.25, -0.2) is 4.98 Å². The second-order valence-electron chi connectivity index (χ2n) is 8.82. The van der Waals surface area contributed by atoms with E-state index in [2.05, 4.69) is 15.5 Å². The number of carboxylic acid groups (broad SMARTS) is 1. The smallest absolute Gasteiger partial charge is 0.276 e. The zero-order chi connectivity index (χ0) is 28.7. The fourth-order valence-electron chi connectivity index (χ4n) is 4.47. The summed E-state index contributed by atoms with van der Waals surface area (Å²) < 4.78 is 3.36. The van der Waals surface area contributed by atoms with Gasteiger partial charge in [0.1, 0.15) is 28.7 Å². The van der Waals surface area contributed by atoms with Gasteiger partial charge in [0.2, 0.25) is 11.5 Å². The van der Waals surface area contributed by atoms with Crippen molar-refractivity contribution in [3.8, 4) is 5.69 Å². The summed E-state index contributed by atoms with van der Waals surface area (Å²) in [6, 6.07) is 0.571. The molecule has 1 aromatic heterocycles. The van der Waals surface area contributed by atoms with Crippen LogP contribution in [0.3, 0.4) is 0 Å². The molecule has 5 rings (SSSR count). The lowest BCUT2D eigenvalue weighted by Gasteiger charge is -2.50. The third-order valence-corrected chi connectivity index (χ3v) is 8.56. The summed E-state index contributed by atoms with van der Waals surface area (Å²) in [4.78, 5) is 60.5. The number of hydrogen-bond donors (Lipinski definition) is 2. The van der Waals surface area contributed by atoms with Gasteiger partial charge in [-0.05, 0) is 12.5 Å². The van der Waals surface area contributed by atoms with Crippen molar-refractivity contribution in [1.29, 1.82) is 0 Å². The molecule has 4 aliphatic heterocycles. The highest BCUT2D eigenvalue weighted by Gasteiger charge is 2.53. The highest BCUT2D eigenvalue weighted by molar-refractivity contribution is 8.00. The number of nitrogen functional groups attached to an aromatic ring is 1. The zero-order valence-corrected chi connectivity index (χ0v) is 23.5. The number of thiazole rings is 1. The van der Waals surface area contributed by atoms with Crippen molar-refractivity contribution in [2.45, 2.75) is 31.8 Å².